The molecule has 1 atom stereocenters. The van der Waals surface area contributed by atoms with Gasteiger partial charge in [-0.15, -0.1) is 11.3 Å². The van der Waals surface area contributed by atoms with Gasteiger partial charge in [-0.3, -0.25) is 13.9 Å². The minimum absolute atomic E-state index is 0.318. The van der Waals surface area contributed by atoms with Gasteiger partial charge in [0.2, 0.25) is 0 Å². The Kier molecular flexibility index (Phi) is 8.42. The highest BCUT2D eigenvalue weighted by Crippen LogP contribution is 2.53. The number of carbonyl (C=O) groups is 1. The van der Waals surface area contributed by atoms with E-state index in [4.69, 9.17) is 29.9 Å². The predicted octanol–water partition coefficient (Wildman–Crippen LogP) is 6.01. The van der Waals surface area contributed by atoms with Crippen molar-refractivity contribution in [2.45, 2.75) is 58.9 Å². The molecular weight excluding hydrogens is 473 g/mol. The van der Waals surface area contributed by atoms with Crippen molar-refractivity contribution in [2.24, 2.45) is 0 Å². The number of methoxy groups -OCH3 is 1. The lowest BCUT2D eigenvalue weighted by Gasteiger charge is -2.33. The second kappa shape index (κ2) is 10.7. The Morgan fingerprint density at radius 1 is 1.16 bits per heavy atom. The molecule has 10 heteroatoms. The lowest BCUT2D eigenvalue weighted by Crippen LogP contribution is -2.38. The van der Waals surface area contributed by atoms with Gasteiger partial charge in [0.05, 0.1) is 19.3 Å². The number of phosphoric acid groups is 1. The fourth-order valence-corrected chi connectivity index (χ4v) is 6.56. The van der Waals surface area contributed by atoms with Crippen molar-refractivity contribution in [1.29, 1.82) is 0 Å². The van der Waals surface area contributed by atoms with Gasteiger partial charge in [-0.25, -0.2) is 9.36 Å². The first-order chi connectivity index (χ1) is 15.1. The van der Waals surface area contributed by atoms with Gasteiger partial charge in [0.1, 0.15) is 6.04 Å². The van der Waals surface area contributed by atoms with Crippen LogP contribution in [0.3, 0.4) is 0 Å². The standard InChI is InChI=1S/C22H29ClNO6PS/c1-14(2)28-31(26,29-15(3)4)30-20-12-16-13-24(11-10-19(16)32-20)21(22(25)27-5)17-8-6-7-9-18(17)23/h6-9,12,14-15,21H,10-11,13H2,1-5H3/t21-/m0/s1. The van der Waals surface area contributed by atoms with Gasteiger partial charge in [0.25, 0.3) is 0 Å². The van der Waals surface area contributed by atoms with E-state index in [9.17, 15) is 9.36 Å². The van der Waals surface area contributed by atoms with Crippen LogP contribution < -0.4 is 4.52 Å². The fourth-order valence-electron chi connectivity index (χ4n) is 3.57. The molecule has 2 aromatic rings. The molecule has 0 N–H and O–H groups in total. The zero-order valence-corrected chi connectivity index (χ0v) is 21.3. The van der Waals surface area contributed by atoms with Crippen molar-refractivity contribution >= 4 is 36.7 Å². The molecule has 3 rings (SSSR count). The van der Waals surface area contributed by atoms with Crippen molar-refractivity contribution in [3.63, 3.8) is 0 Å². The summed E-state index contributed by atoms with van der Waals surface area (Å²) in [6.07, 6.45) is 0.0731. The van der Waals surface area contributed by atoms with Crippen LogP contribution in [0.25, 0.3) is 0 Å². The van der Waals surface area contributed by atoms with Gasteiger partial charge in [-0.1, -0.05) is 29.8 Å². The van der Waals surface area contributed by atoms with Crippen LogP contribution in [0.15, 0.2) is 30.3 Å². The molecule has 0 amide bonds. The van der Waals surface area contributed by atoms with Crippen molar-refractivity contribution in [3.05, 3.63) is 51.4 Å². The van der Waals surface area contributed by atoms with Gasteiger partial charge in [0, 0.05) is 23.0 Å². The largest absolute Gasteiger partial charge is 0.531 e. The summed E-state index contributed by atoms with van der Waals surface area (Å²) in [5, 5.41) is 0.981. The Bertz CT molecular complexity index is 981. The summed E-state index contributed by atoms with van der Waals surface area (Å²) in [5.41, 5.74) is 1.70. The molecule has 0 fully saturated rings. The number of fused-ring (bicyclic) bond motifs is 1. The van der Waals surface area contributed by atoms with Gasteiger partial charge < -0.3 is 9.26 Å². The summed E-state index contributed by atoms with van der Waals surface area (Å²) in [6.45, 7) is 8.25. The average molecular weight is 502 g/mol. The smallest absolute Gasteiger partial charge is 0.468 e. The number of rotatable bonds is 9. The zero-order chi connectivity index (χ0) is 23.5. The van der Waals surface area contributed by atoms with E-state index < -0.39 is 13.9 Å². The number of hydrogen-bond acceptors (Lipinski definition) is 8. The molecule has 2 heterocycles. The third-order valence-corrected chi connectivity index (χ3v) is 8.11. The van der Waals surface area contributed by atoms with Crippen LogP contribution in [-0.2, 0) is 36.1 Å². The molecule has 0 spiro atoms. The Morgan fingerprint density at radius 3 is 2.41 bits per heavy atom. The molecule has 176 valence electrons. The number of phosphoric ester groups is 1. The number of thiophene rings is 1. The number of esters is 1. The van der Waals surface area contributed by atoms with E-state index in [1.807, 2.05) is 29.2 Å². The molecule has 0 bridgehead atoms. The molecule has 0 aliphatic carbocycles. The molecule has 1 aromatic carbocycles. The average Bonchev–Trinajstić information content (AvgIpc) is 3.08. The Morgan fingerprint density at radius 2 is 1.81 bits per heavy atom. The zero-order valence-electron chi connectivity index (χ0n) is 18.9. The van der Waals surface area contributed by atoms with Crippen LogP contribution in [0.5, 0.6) is 5.06 Å². The molecule has 0 saturated heterocycles. The summed E-state index contributed by atoms with van der Waals surface area (Å²) >= 11 is 7.81. The van der Waals surface area contributed by atoms with Crippen molar-refractivity contribution in [2.75, 3.05) is 13.7 Å². The monoisotopic (exact) mass is 501 g/mol. The van der Waals surface area contributed by atoms with Crippen LogP contribution >= 0.6 is 30.8 Å². The predicted molar refractivity (Wildman–Crippen MR) is 125 cm³/mol. The van der Waals surface area contributed by atoms with Crippen molar-refractivity contribution < 1.29 is 27.7 Å². The first-order valence-corrected chi connectivity index (χ1v) is 13.1. The lowest BCUT2D eigenvalue weighted by atomic mass is 10.0. The number of halogens is 1. The minimum atomic E-state index is -3.76. The minimum Gasteiger partial charge on any atom is -0.468 e. The molecule has 1 aromatic heterocycles. The Balaban J connectivity index is 1.83. The van der Waals surface area contributed by atoms with Crippen LogP contribution in [0, 0.1) is 0 Å². The molecule has 7 nitrogen and oxygen atoms in total. The topological polar surface area (TPSA) is 74.3 Å². The molecule has 0 unspecified atom stereocenters. The van der Waals surface area contributed by atoms with E-state index in [1.54, 1.807) is 33.8 Å². The molecule has 0 saturated carbocycles. The van der Waals surface area contributed by atoms with E-state index in [0.29, 0.717) is 35.2 Å². The number of hydrogen-bond donors (Lipinski definition) is 0. The maximum absolute atomic E-state index is 13.1. The molecule has 0 radical (unpaired) electrons. The van der Waals surface area contributed by atoms with Crippen LogP contribution in [0.4, 0.5) is 0 Å². The lowest BCUT2D eigenvalue weighted by molar-refractivity contribution is -0.147. The van der Waals surface area contributed by atoms with E-state index in [-0.39, 0.29) is 18.2 Å². The third-order valence-electron chi connectivity index (χ3n) is 4.74. The SMILES string of the molecule is COC(=O)[C@H](c1ccccc1Cl)N1CCc2sc(OP(=O)(OC(C)C)OC(C)C)cc2C1. The first-order valence-electron chi connectivity index (χ1n) is 10.5. The van der Waals surface area contributed by atoms with Crippen molar-refractivity contribution in [1.82, 2.24) is 4.90 Å². The number of nitrogens with zero attached hydrogens (tertiary/aromatic N) is 1. The van der Waals surface area contributed by atoms with E-state index in [1.165, 1.54) is 18.4 Å². The Labute approximate surface area is 198 Å². The van der Waals surface area contributed by atoms with Gasteiger partial charge in [0.15, 0.2) is 5.06 Å². The Hall–Kier alpha value is -1.41. The normalized spacial score (nSPS) is 15.6. The molecule has 1 aliphatic heterocycles. The summed E-state index contributed by atoms with van der Waals surface area (Å²) in [7, 11) is -2.39. The summed E-state index contributed by atoms with van der Waals surface area (Å²) < 4.78 is 34.9. The fraction of sp³-hybridized carbons (Fsp3) is 0.500. The number of benzene rings is 1. The highest BCUT2D eigenvalue weighted by molar-refractivity contribution is 7.49. The van der Waals surface area contributed by atoms with Crippen molar-refractivity contribution in [3.8, 4) is 5.06 Å². The van der Waals surface area contributed by atoms with Crippen LogP contribution in [0.2, 0.25) is 5.02 Å². The maximum atomic E-state index is 13.1. The van der Waals surface area contributed by atoms with Gasteiger partial charge in [-0.2, -0.15) is 0 Å². The molecular formula is C22H29ClNO6PS. The molecule has 32 heavy (non-hydrogen) atoms. The van der Waals surface area contributed by atoms with Gasteiger partial charge >= 0.3 is 13.8 Å². The highest BCUT2D eigenvalue weighted by Gasteiger charge is 2.35. The highest BCUT2D eigenvalue weighted by atomic mass is 35.5. The van der Waals surface area contributed by atoms with E-state index in [2.05, 4.69) is 0 Å². The van der Waals surface area contributed by atoms with Crippen LogP contribution in [0.1, 0.15) is 49.7 Å². The summed E-state index contributed by atoms with van der Waals surface area (Å²) in [5.74, 6) is -0.367. The summed E-state index contributed by atoms with van der Waals surface area (Å²) in [4.78, 5) is 15.8. The van der Waals surface area contributed by atoms with Crippen LogP contribution in [-0.4, -0.2) is 36.7 Å². The maximum Gasteiger partial charge on any atom is 0.531 e. The second-order valence-electron chi connectivity index (χ2n) is 8.03. The quantitative estimate of drug-likeness (QED) is 0.307. The number of carbonyl (C=O) groups excluding carboxylic acids is 1. The third kappa shape index (κ3) is 6.13. The number of ether oxygens (including phenoxy) is 1. The second-order valence-corrected chi connectivity index (χ2v) is 11.0. The van der Waals surface area contributed by atoms with Gasteiger partial charge in [-0.05, 0) is 57.4 Å². The molecule has 1 aliphatic rings. The first kappa shape index (κ1) is 25.2. The van der Waals surface area contributed by atoms with E-state index in [0.717, 1.165) is 10.4 Å². The van der Waals surface area contributed by atoms with E-state index >= 15 is 0 Å². The summed E-state index contributed by atoms with van der Waals surface area (Å²) in [6, 6.07) is 8.50.